The molecule has 1 aliphatic rings. The van der Waals surface area contributed by atoms with Gasteiger partial charge in [0.1, 0.15) is 6.10 Å². The number of aliphatic hydroxyl groups excluding tert-OH is 1. The molecule has 1 aromatic carbocycles. The molecule has 1 aromatic rings. The zero-order valence-corrected chi connectivity index (χ0v) is 10.6. The molecule has 3 atom stereocenters. The van der Waals surface area contributed by atoms with Crippen molar-refractivity contribution >= 4 is 0 Å². The third kappa shape index (κ3) is 3.06. The number of hydrogen-bond acceptors (Lipinski definition) is 3. The molecule has 0 radical (unpaired) electrons. The van der Waals surface area contributed by atoms with E-state index >= 15 is 0 Å². The van der Waals surface area contributed by atoms with Crippen LogP contribution < -0.4 is 0 Å². The van der Waals surface area contributed by atoms with Crippen molar-refractivity contribution in [3.05, 3.63) is 35.9 Å². The lowest BCUT2D eigenvalue weighted by Gasteiger charge is -2.19. The first-order valence-electron chi connectivity index (χ1n) is 6.05. The van der Waals surface area contributed by atoms with Crippen LogP contribution in [-0.2, 0) is 15.9 Å². The van der Waals surface area contributed by atoms with Crippen molar-refractivity contribution in [3.63, 3.8) is 0 Å². The van der Waals surface area contributed by atoms with E-state index in [-0.39, 0.29) is 12.2 Å². The average molecular weight is 236 g/mol. The molecule has 1 heterocycles. The van der Waals surface area contributed by atoms with Gasteiger partial charge in [-0.15, -0.1) is 0 Å². The Bertz CT molecular complexity index is 359. The van der Waals surface area contributed by atoms with Gasteiger partial charge < -0.3 is 14.6 Å². The Balaban J connectivity index is 2.09. The fourth-order valence-corrected chi connectivity index (χ4v) is 2.28. The van der Waals surface area contributed by atoms with E-state index in [9.17, 15) is 5.11 Å². The number of benzene rings is 1. The van der Waals surface area contributed by atoms with Gasteiger partial charge in [-0.25, -0.2) is 0 Å². The SMILES string of the molecule is CC(O)[C@@H]1OC(C)(C)O[C@H]1Cc1ccccc1. The first-order valence-corrected chi connectivity index (χ1v) is 6.05. The lowest BCUT2D eigenvalue weighted by Crippen LogP contribution is -2.34. The summed E-state index contributed by atoms with van der Waals surface area (Å²) in [5, 5.41) is 9.73. The minimum Gasteiger partial charge on any atom is -0.391 e. The van der Waals surface area contributed by atoms with Crippen LogP contribution in [0.5, 0.6) is 0 Å². The van der Waals surface area contributed by atoms with Crippen molar-refractivity contribution in [2.24, 2.45) is 0 Å². The second-order valence-corrected chi connectivity index (χ2v) is 5.07. The Morgan fingerprint density at radius 2 is 1.88 bits per heavy atom. The maximum absolute atomic E-state index is 9.73. The second-order valence-electron chi connectivity index (χ2n) is 5.07. The topological polar surface area (TPSA) is 38.7 Å². The fraction of sp³-hybridized carbons (Fsp3) is 0.571. The molecule has 0 aliphatic carbocycles. The molecule has 1 unspecified atom stereocenters. The van der Waals surface area contributed by atoms with Crippen molar-refractivity contribution in [3.8, 4) is 0 Å². The predicted molar refractivity (Wildman–Crippen MR) is 65.7 cm³/mol. The van der Waals surface area contributed by atoms with Crippen LogP contribution in [0.25, 0.3) is 0 Å². The highest BCUT2D eigenvalue weighted by Gasteiger charge is 2.43. The van der Waals surface area contributed by atoms with Gasteiger partial charge in [-0.1, -0.05) is 30.3 Å². The van der Waals surface area contributed by atoms with Crippen LogP contribution in [0.4, 0.5) is 0 Å². The highest BCUT2D eigenvalue weighted by Crippen LogP contribution is 2.31. The third-order valence-corrected chi connectivity index (χ3v) is 2.98. The van der Waals surface area contributed by atoms with Gasteiger partial charge in [-0.05, 0) is 26.3 Å². The lowest BCUT2D eigenvalue weighted by atomic mass is 10.0. The maximum atomic E-state index is 9.73. The van der Waals surface area contributed by atoms with Crippen molar-refractivity contribution in [1.29, 1.82) is 0 Å². The molecule has 1 N–H and O–H groups in total. The molecule has 1 fully saturated rings. The van der Waals surface area contributed by atoms with Gasteiger partial charge in [0, 0.05) is 6.42 Å². The summed E-state index contributed by atoms with van der Waals surface area (Å²) in [5.74, 6) is -0.610. The normalized spacial score (nSPS) is 29.2. The van der Waals surface area contributed by atoms with E-state index in [0.29, 0.717) is 0 Å². The Labute approximate surface area is 102 Å². The van der Waals surface area contributed by atoms with Crippen LogP contribution in [0.1, 0.15) is 26.3 Å². The minimum atomic E-state index is -0.610. The third-order valence-electron chi connectivity index (χ3n) is 2.98. The van der Waals surface area contributed by atoms with Gasteiger partial charge in [-0.3, -0.25) is 0 Å². The molecule has 0 saturated carbocycles. The summed E-state index contributed by atoms with van der Waals surface area (Å²) in [4.78, 5) is 0. The van der Waals surface area contributed by atoms with Gasteiger partial charge >= 0.3 is 0 Å². The minimum absolute atomic E-state index is 0.0904. The highest BCUT2D eigenvalue weighted by atomic mass is 16.8. The number of hydrogen-bond donors (Lipinski definition) is 1. The Kier molecular flexibility index (Phi) is 3.52. The predicted octanol–water partition coefficient (Wildman–Crippen LogP) is 2.13. The van der Waals surface area contributed by atoms with Crippen LogP contribution in [0.15, 0.2) is 30.3 Å². The number of rotatable bonds is 3. The van der Waals surface area contributed by atoms with Gasteiger partial charge in [-0.2, -0.15) is 0 Å². The average Bonchev–Trinajstić information content (AvgIpc) is 2.55. The van der Waals surface area contributed by atoms with Crippen molar-refractivity contribution in [2.45, 2.75) is 51.3 Å². The molecule has 0 amide bonds. The first kappa shape index (κ1) is 12.6. The van der Waals surface area contributed by atoms with Crippen LogP contribution >= 0.6 is 0 Å². The molecule has 94 valence electrons. The van der Waals surface area contributed by atoms with Crippen molar-refractivity contribution in [2.75, 3.05) is 0 Å². The molecule has 2 rings (SSSR count). The van der Waals surface area contributed by atoms with Crippen LogP contribution in [0, 0.1) is 0 Å². The summed E-state index contributed by atoms with van der Waals surface area (Å²) < 4.78 is 11.6. The van der Waals surface area contributed by atoms with Crippen LogP contribution in [-0.4, -0.2) is 29.2 Å². The molecular weight excluding hydrogens is 216 g/mol. The van der Waals surface area contributed by atoms with Gasteiger partial charge in [0.15, 0.2) is 5.79 Å². The summed E-state index contributed by atoms with van der Waals surface area (Å²) in [6.45, 7) is 5.51. The summed E-state index contributed by atoms with van der Waals surface area (Å²) in [6.07, 6.45) is -0.108. The van der Waals surface area contributed by atoms with E-state index in [0.717, 1.165) is 6.42 Å². The monoisotopic (exact) mass is 236 g/mol. The summed E-state index contributed by atoms with van der Waals surface area (Å²) >= 11 is 0. The standard InChI is InChI=1S/C14H20O3/c1-10(15)13-12(16-14(2,3)17-13)9-11-7-5-4-6-8-11/h4-8,10,12-13,15H,9H2,1-3H3/t10?,12-,13-/m0/s1. The van der Waals surface area contributed by atoms with Gasteiger partial charge in [0.25, 0.3) is 0 Å². The molecule has 1 saturated heterocycles. The highest BCUT2D eigenvalue weighted by molar-refractivity contribution is 5.16. The van der Waals surface area contributed by atoms with E-state index < -0.39 is 11.9 Å². The fourth-order valence-electron chi connectivity index (χ4n) is 2.28. The van der Waals surface area contributed by atoms with Crippen LogP contribution in [0.3, 0.4) is 0 Å². The Hall–Kier alpha value is -0.900. The molecule has 1 aliphatic heterocycles. The number of aliphatic hydroxyl groups is 1. The van der Waals surface area contributed by atoms with Crippen LogP contribution in [0.2, 0.25) is 0 Å². The first-order chi connectivity index (χ1) is 7.98. The van der Waals surface area contributed by atoms with E-state index in [1.807, 2.05) is 32.0 Å². The van der Waals surface area contributed by atoms with Crippen molar-refractivity contribution in [1.82, 2.24) is 0 Å². The molecule has 0 aromatic heterocycles. The zero-order valence-electron chi connectivity index (χ0n) is 10.6. The Morgan fingerprint density at radius 1 is 1.24 bits per heavy atom. The molecule has 0 spiro atoms. The van der Waals surface area contributed by atoms with E-state index in [2.05, 4.69) is 12.1 Å². The number of ether oxygens (including phenoxy) is 2. The Morgan fingerprint density at radius 3 is 2.47 bits per heavy atom. The lowest BCUT2D eigenvalue weighted by molar-refractivity contribution is -0.154. The summed E-state index contributed by atoms with van der Waals surface area (Å²) in [7, 11) is 0. The van der Waals surface area contributed by atoms with E-state index in [4.69, 9.17) is 9.47 Å². The smallest absolute Gasteiger partial charge is 0.163 e. The molecule has 3 heteroatoms. The van der Waals surface area contributed by atoms with Crippen molar-refractivity contribution < 1.29 is 14.6 Å². The largest absolute Gasteiger partial charge is 0.391 e. The van der Waals surface area contributed by atoms with E-state index in [1.165, 1.54) is 5.56 Å². The quantitative estimate of drug-likeness (QED) is 0.873. The molecule has 0 bridgehead atoms. The van der Waals surface area contributed by atoms with Gasteiger partial charge in [0.05, 0.1) is 12.2 Å². The zero-order chi connectivity index (χ0) is 12.5. The molecular formula is C14H20O3. The van der Waals surface area contributed by atoms with Gasteiger partial charge in [0.2, 0.25) is 0 Å². The molecule has 3 nitrogen and oxygen atoms in total. The maximum Gasteiger partial charge on any atom is 0.163 e. The summed E-state index contributed by atoms with van der Waals surface area (Å²) in [5.41, 5.74) is 1.20. The summed E-state index contributed by atoms with van der Waals surface area (Å²) in [6, 6.07) is 10.1. The second kappa shape index (κ2) is 4.77. The molecule has 17 heavy (non-hydrogen) atoms. The van der Waals surface area contributed by atoms with E-state index in [1.54, 1.807) is 6.92 Å².